The molecular formula is C37H33F7N2O6. The van der Waals surface area contributed by atoms with Crippen LogP contribution in [0.25, 0.3) is 11.1 Å². The van der Waals surface area contributed by atoms with Crippen molar-refractivity contribution in [3.05, 3.63) is 94.6 Å². The second kappa shape index (κ2) is 13.9. The molecule has 3 aromatic rings. The van der Waals surface area contributed by atoms with Gasteiger partial charge in [-0.3, -0.25) is 9.59 Å². The number of anilines is 1. The number of aliphatic carboxylic acids is 1. The summed E-state index contributed by atoms with van der Waals surface area (Å²) in [5.74, 6) is -10.2. The maximum Gasteiger partial charge on any atom is 0.419 e. The number of halogens is 7. The number of fused-ring (bicyclic) bond motifs is 2. The van der Waals surface area contributed by atoms with E-state index in [4.69, 9.17) is 4.74 Å². The highest BCUT2D eigenvalue weighted by Gasteiger charge is 2.55. The molecule has 3 aliphatic rings. The van der Waals surface area contributed by atoms with E-state index in [1.54, 1.807) is 0 Å². The van der Waals surface area contributed by atoms with Crippen LogP contribution >= 0.6 is 0 Å². The minimum atomic E-state index is -5.03. The Morgan fingerprint density at radius 3 is 2.33 bits per heavy atom. The van der Waals surface area contributed by atoms with Gasteiger partial charge in [0, 0.05) is 36.1 Å². The zero-order valence-electron chi connectivity index (χ0n) is 27.4. The van der Waals surface area contributed by atoms with Gasteiger partial charge in [-0.25, -0.2) is 22.4 Å². The van der Waals surface area contributed by atoms with Gasteiger partial charge in [0.1, 0.15) is 17.4 Å². The highest BCUT2D eigenvalue weighted by molar-refractivity contribution is 6.00. The molecule has 52 heavy (non-hydrogen) atoms. The molecule has 3 saturated carbocycles. The fraction of sp³-hybridized carbons (Fsp3) is 0.378. The number of aliphatic hydroxyl groups is 1. The molecule has 5 atom stereocenters. The number of carboxylic acids is 1. The smallest absolute Gasteiger partial charge is 0.419 e. The molecule has 3 fully saturated rings. The van der Waals surface area contributed by atoms with Crippen molar-refractivity contribution < 1.29 is 60.1 Å². The molecule has 4 unspecified atom stereocenters. The van der Waals surface area contributed by atoms with Gasteiger partial charge < -0.3 is 25.6 Å². The molecule has 0 heterocycles. The minimum absolute atomic E-state index is 0.0558. The van der Waals surface area contributed by atoms with E-state index in [0.29, 0.717) is 31.4 Å². The third-order valence-corrected chi connectivity index (χ3v) is 10.2. The van der Waals surface area contributed by atoms with E-state index in [1.807, 2.05) is 6.08 Å². The van der Waals surface area contributed by atoms with E-state index in [9.17, 15) is 50.9 Å². The van der Waals surface area contributed by atoms with Crippen LogP contribution in [-0.4, -0.2) is 47.1 Å². The average Bonchev–Trinajstić information content (AvgIpc) is 3.61. The van der Waals surface area contributed by atoms with Gasteiger partial charge >= 0.3 is 12.1 Å². The number of allylic oxidation sites excluding steroid dienone is 1. The number of aliphatic hydroxyl groups excluding tert-OH is 1. The lowest BCUT2D eigenvalue weighted by molar-refractivity contribution is -0.147. The van der Waals surface area contributed by atoms with Crippen molar-refractivity contribution in [3.63, 3.8) is 0 Å². The van der Waals surface area contributed by atoms with Gasteiger partial charge in [0.05, 0.1) is 24.2 Å². The summed E-state index contributed by atoms with van der Waals surface area (Å²) in [6, 6.07) is 8.41. The van der Waals surface area contributed by atoms with Gasteiger partial charge in [0.15, 0.2) is 6.10 Å². The van der Waals surface area contributed by atoms with Crippen molar-refractivity contribution in [3.8, 4) is 16.9 Å². The van der Waals surface area contributed by atoms with E-state index in [2.05, 4.69) is 10.6 Å². The average molecular weight is 735 g/mol. The molecule has 8 nitrogen and oxygen atoms in total. The van der Waals surface area contributed by atoms with Crippen molar-refractivity contribution in [2.75, 3.05) is 12.4 Å². The highest BCUT2D eigenvalue weighted by Crippen LogP contribution is 2.54. The Kier molecular flexibility index (Phi) is 9.85. The number of ether oxygens (including phenoxy) is 1. The molecule has 0 spiro atoms. The Bertz CT molecular complexity index is 1940. The fourth-order valence-electron chi connectivity index (χ4n) is 7.74. The number of carboxylic acid groups (broad SMARTS) is 1. The van der Waals surface area contributed by atoms with Gasteiger partial charge in [-0.15, -0.1) is 0 Å². The summed E-state index contributed by atoms with van der Waals surface area (Å²) in [6.07, 6.45) is -4.41. The monoisotopic (exact) mass is 734 g/mol. The normalized spacial score (nSPS) is 23.6. The quantitative estimate of drug-likeness (QED) is 0.126. The van der Waals surface area contributed by atoms with Crippen LogP contribution in [-0.2, 0) is 15.8 Å². The standard InChI is InChI=1S/C37H33F7N2O6/c1-52-29-11-4-18(24-13-19(3-9-27(24)38)32(47)35(50)51)12-25(29)33(48)46-31-23-8-7-22(21(23)6-2-17-15-36(40,41)16-17)30(31)34(49)45-20-5-10-28(39)26(14-20)37(42,43)44/h3-6,9-14,17,22-23,30-32,47H,2,7-8,15-16H2,1H3,(H,45,49)(H,46,48)(H,50,51)/b21-6-/t22?,23?,30-,31?,32?/m0/s1. The number of alkyl halides is 5. The lowest BCUT2D eigenvalue weighted by Crippen LogP contribution is -2.48. The summed E-state index contributed by atoms with van der Waals surface area (Å²) in [4.78, 5) is 39.2. The molecule has 15 heteroatoms. The largest absolute Gasteiger partial charge is 0.496 e. The first-order valence-electron chi connectivity index (χ1n) is 16.4. The number of rotatable bonds is 10. The van der Waals surface area contributed by atoms with Gasteiger partial charge in [-0.2, -0.15) is 13.2 Å². The van der Waals surface area contributed by atoms with E-state index in [0.717, 1.165) is 29.8 Å². The molecule has 2 amide bonds. The first-order chi connectivity index (χ1) is 24.5. The van der Waals surface area contributed by atoms with Crippen LogP contribution in [0.2, 0.25) is 0 Å². The first kappa shape index (κ1) is 36.9. The number of amides is 2. The molecule has 0 saturated heterocycles. The maximum absolute atomic E-state index is 15.0. The van der Waals surface area contributed by atoms with Crippen LogP contribution in [0.3, 0.4) is 0 Å². The molecule has 0 aliphatic heterocycles. The molecule has 0 radical (unpaired) electrons. The van der Waals surface area contributed by atoms with Gasteiger partial charge in [-0.05, 0) is 84.7 Å². The number of hydrogen-bond donors (Lipinski definition) is 4. The number of nitrogens with one attached hydrogen (secondary N) is 2. The lowest BCUT2D eigenvalue weighted by Gasteiger charge is -2.34. The summed E-state index contributed by atoms with van der Waals surface area (Å²) in [7, 11) is 1.28. The Balaban J connectivity index is 1.32. The molecule has 3 aliphatic carbocycles. The Hall–Kier alpha value is -4.92. The molecule has 3 aromatic carbocycles. The molecule has 276 valence electrons. The van der Waals surface area contributed by atoms with E-state index in [1.165, 1.54) is 25.3 Å². The number of carbonyl (C=O) groups is 3. The molecule has 0 aromatic heterocycles. The molecule has 2 bridgehead atoms. The zero-order chi connectivity index (χ0) is 37.7. The second-order valence-electron chi connectivity index (χ2n) is 13.5. The zero-order valence-corrected chi connectivity index (χ0v) is 27.4. The predicted molar refractivity (Wildman–Crippen MR) is 172 cm³/mol. The fourth-order valence-corrected chi connectivity index (χ4v) is 7.74. The Morgan fingerprint density at radius 2 is 1.67 bits per heavy atom. The summed E-state index contributed by atoms with van der Waals surface area (Å²) in [5.41, 5.74) is -1.34. The number of carbonyl (C=O) groups excluding carboxylic acids is 2. The van der Waals surface area contributed by atoms with Gasteiger partial charge in [0.25, 0.3) is 5.91 Å². The molecule has 6 rings (SSSR count). The Morgan fingerprint density at radius 1 is 0.981 bits per heavy atom. The predicted octanol–water partition coefficient (Wildman–Crippen LogP) is 7.53. The summed E-state index contributed by atoms with van der Waals surface area (Å²) < 4.78 is 102. The SMILES string of the molecule is COc1ccc(-c2cc(C(O)C(=O)O)ccc2F)cc1C(=O)NC1C2CCC(/C2=C/CC2CC(F)(F)C2)[C@@H]1C(=O)Nc1ccc(F)c(C(F)(F)F)c1. The first-order valence-corrected chi connectivity index (χ1v) is 16.4. The topological polar surface area (TPSA) is 125 Å². The van der Waals surface area contributed by atoms with E-state index in [-0.39, 0.29) is 52.5 Å². The van der Waals surface area contributed by atoms with Crippen molar-refractivity contribution in [2.24, 2.45) is 23.7 Å². The van der Waals surface area contributed by atoms with Crippen LogP contribution in [0, 0.1) is 35.3 Å². The molecular weight excluding hydrogens is 701 g/mol. The van der Waals surface area contributed by atoms with Crippen LogP contribution in [0.1, 0.15) is 59.7 Å². The number of benzene rings is 3. The van der Waals surface area contributed by atoms with Gasteiger partial charge in [-0.1, -0.05) is 23.8 Å². The summed E-state index contributed by atoms with van der Waals surface area (Å²) >= 11 is 0. The van der Waals surface area contributed by atoms with E-state index >= 15 is 4.39 Å². The van der Waals surface area contributed by atoms with Crippen LogP contribution < -0.4 is 15.4 Å². The second-order valence-corrected chi connectivity index (χ2v) is 13.5. The van der Waals surface area contributed by atoms with Crippen molar-refractivity contribution in [2.45, 2.75) is 56.3 Å². The highest BCUT2D eigenvalue weighted by atomic mass is 19.4. The number of hydrogen-bond acceptors (Lipinski definition) is 5. The van der Waals surface area contributed by atoms with Crippen molar-refractivity contribution >= 4 is 23.5 Å². The third kappa shape index (κ3) is 7.23. The molecule has 4 N–H and O–H groups in total. The third-order valence-electron chi connectivity index (χ3n) is 10.2. The maximum atomic E-state index is 15.0. The summed E-state index contributed by atoms with van der Waals surface area (Å²) in [5, 5.41) is 24.5. The van der Waals surface area contributed by atoms with Crippen molar-refractivity contribution in [1.29, 1.82) is 0 Å². The van der Waals surface area contributed by atoms with Crippen LogP contribution in [0.5, 0.6) is 5.75 Å². The minimum Gasteiger partial charge on any atom is -0.496 e. The summed E-state index contributed by atoms with van der Waals surface area (Å²) in [6.45, 7) is 0. The van der Waals surface area contributed by atoms with Crippen LogP contribution in [0.15, 0.2) is 66.2 Å². The lowest BCUT2D eigenvalue weighted by atomic mass is 9.78. The van der Waals surface area contributed by atoms with Crippen LogP contribution in [0.4, 0.5) is 36.4 Å². The van der Waals surface area contributed by atoms with E-state index < -0.39 is 77.0 Å². The number of methoxy groups -OCH3 is 1. The van der Waals surface area contributed by atoms with Gasteiger partial charge in [0.2, 0.25) is 11.8 Å². The Labute approximate surface area is 292 Å². The van der Waals surface area contributed by atoms with Crippen molar-refractivity contribution in [1.82, 2.24) is 5.32 Å².